The lowest BCUT2D eigenvalue weighted by atomic mass is 10.3. The van der Waals surface area contributed by atoms with Crippen LogP contribution < -0.4 is 15.8 Å². The highest BCUT2D eigenvalue weighted by molar-refractivity contribution is 7.99. The first kappa shape index (κ1) is 15.7. The third kappa shape index (κ3) is 6.96. The van der Waals surface area contributed by atoms with E-state index >= 15 is 0 Å². The van der Waals surface area contributed by atoms with E-state index in [4.69, 9.17) is 10.5 Å². The number of hydrogen-bond donors (Lipinski definition) is 2. The van der Waals surface area contributed by atoms with Crippen LogP contribution in [0.3, 0.4) is 0 Å². The Hall–Kier alpha value is -1.36. The van der Waals surface area contributed by atoms with Crippen molar-refractivity contribution in [3.05, 3.63) is 24.3 Å². The summed E-state index contributed by atoms with van der Waals surface area (Å²) in [7, 11) is 0. The molecule has 1 amide bonds. The Morgan fingerprint density at radius 3 is 2.74 bits per heavy atom. The number of ether oxygens (including phenoxy) is 1. The molecule has 0 bridgehead atoms. The van der Waals surface area contributed by atoms with Crippen molar-refractivity contribution in [2.45, 2.75) is 25.0 Å². The minimum absolute atomic E-state index is 0.0312. The van der Waals surface area contributed by atoms with E-state index in [0.717, 1.165) is 18.7 Å². The van der Waals surface area contributed by atoms with Gasteiger partial charge in [0.05, 0.1) is 13.0 Å². The zero-order chi connectivity index (χ0) is 14.1. The summed E-state index contributed by atoms with van der Waals surface area (Å²) < 4.78 is 5.46. The van der Waals surface area contributed by atoms with Gasteiger partial charge in [-0.25, -0.2) is 0 Å². The molecule has 5 heteroatoms. The van der Waals surface area contributed by atoms with Gasteiger partial charge < -0.3 is 15.8 Å². The number of thioether (sulfide) groups is 1. The molecule has 0 aliphatic heterocycles. The molecule has 0 aliphatic rings. The van der Waals surface area contributed by atoms with Crippen molar-refractivity contribution in [1.82, 2.24) is 5.32 Å². The predicted octanol–water partition coefficient (Wildman–Crippen LogP) is 2.30. The largest absolute Gasteiger partial charge is 0.493 e. The zero-order valence-electron chi connectivity index (χ0n) is 11.5. The molecule has 0 heterocycles. The van der Waals surface area contributed by atoms with Crippen LogP contribution in [0, 0.1) is 0 Å². The summed E-state index contributed by atoms with van der Waals surface area (Å²) in [5, 5.41) is 3.47. The summed E-state index contributed by atoms with van der Waals surface area (Å²) in [5.74, 6) is 0.766. The first-order chi connectivity index (χ1) is 9.11. The molecular weight excluding hydrogens is 260 g/mol. The van der Waals surface area contributed by atoms with Crippen molar-refractivity contribution in [2.24, 2.45) is 0 Å². The lowest BCUT2D eigenvalue weighted by Crippen LogP contribution is -2.27. The lowest BCUT2D eigenvalue weighted by Gasteiger charge is -2.10. The van der Waals surface area contributed by atoms with Crippen LogP contribution in [0.25, 0.3) is 0 Å². The Morgan fingerprint density at radius 1 is 1.42 bits per heavy atom. The fraction of sp³-hybridized carbons (Fsp3) is 0.500. The van der Waals surface area contributed by atoms with Crippen LogP contribution in [0.1, 0.15) is 19.8 Å². The lowest BCUT2D eigenvalue weighted by molar-refractivity contribution is -0.121. The van der Waals surface area contributed by atoms with E-state index in [1.807, 2.05) is 0 Å². The normalized spacial score (nSPS) is 11.9. The Bertz CT molecular complexity index is 382. The molecule has 1 rings (SSSR count). The highest BCUT2D eigenvalue weighted by Gasteiger charge is 2.03. The Labute approximate surface area is 119 Å². The quantitative estimate of drug-likeness (QED) is 0.718. The molecule has 0 aromatic heterocycles. The minimum atomic E-state index is 0.0312. The number of benzene rings is 1. The molecule has 0 aliphatic carbocycles. The van der Waals surface area contributed by atoms with Crippen LogP contribution >= 0.6 is 11.8 Å². The number of rotatable bonds is 8. The third-order valence-electron chi connectivity index (χ3n) is 2.75. The third-order valence-corrected chi connectivity index (χ3v) is 3.79. The molecule has 0 spiro atoms. The van der Waals surface area contributed by atoms with Gasteiger partial charge in [0.25, 0.3) is 0 Å². The molecule has 0 saturated carbocycles. The summed E-state index contributed by atoms with van der Waals surface area (Å²) in [4.78, 5) is 11.5. The van der Waals surface area contributed by atoms with Crippen LogP contribution in [0.2, 0.25) is 0 Å². The van der Waals surface area contributed by atoms with Gasteiger partial charge in [-0.1, -0.05) is 6.92 Å². The number of anilines is 1. The van der Waals surface area contributed by atoms with Crippen molar-refractivity contribution in [3.63, 3.8) is 0 Å². The maximum Gasteiger partial charge on any atom is 0.223 e. The molecule has 0 radical (unpaired) electrons. The number of amides is 1. The molecule has 1 unspecified atom stereocenters. The topological polar surface area (TPSA) is 64.3 Å². The number of carbonyl (C=O) groups excluding carboxylic acids is 1. The van der Waals surface area contributed by atoms with Gasteiger partial charge in [0, 0.05) is 17.5 Å². The number of nitrogen functional groups attached to an aromatic ring is 1. The van der Waals surface area contributed by atoms with E-state index in [1.54, 1.807) is 36.0 Å². The fourth-order valence-corrected chi connectivity index (χ4v) is 1.80. The van der Waals surface area contributed by atoms with Gasteiger partial charge in [0.1, 0.15) is 5.75 Å². The average molecular weight is 282 g/mol. The molecule has 1 aromatic rings. The molecule has 1 atom stereocenters. The van der Waals surface area contributed by atoms with Crippen LogP contribution in [0.15, 0.2) is 24.3 Å². The number of nitrogens with two attached hydrogens (primary N) is 1. The number of nitrogens with one attached hydrogen (secondary N) is 1. The van der Waals surface area contributed by atoms with Crippen molar-refractivity contribution < 1.29 is 9.53 Å². The summed E-state index contributed by atoms with van der Waals surface area (Å²) in [5.41, 5.74) is 6.27. The maximum absolute atomic E-state index is 11.5. The first-order valence-electron chi connectivity index (χ1n) is 6.39. The molecule has 3 N–H and O–H groups in total. The van der Waals surface area contributed by atoms with Gasteiger partial charge in [0.2, 0.25) is 5.91 Å². The standard InChI is InChI=1S/C14H22N2O2S/c1-11(19-2)7-9-16-14(17)8-10-18-13-5-3-12(15)4-6-13/h3-6,11H,7-10,15H2,1-2H3,(H,16,17). The Morgan fingerprint density at radius 2 is 2.11 bits per heavy atom. The van der Waals surface area contributed by atoms with E-state index < -0.39 is 0 Å². The van der Waals surface area contributed by atoms with Gasteiger partial charge in [-0.15, -0.1) is 0 Å². The first-order valence-corrected chi connectivity index (χ1v) is 7.68. The number of carbonyl (C=O) groups is 1. The van der Waals surface area contributed by atoms with E-state index in [-0.39, 0.29) is 5.91 Å². The van der Waals surface area contributed by atoms with Gasteiger partial charge in [-0.05, 0) is 36.9 Å². The summed E-state index contributed by atoms with van der Waals surface area (Å²) in [6, 6.07) is 7.15. The second-order valence-electron chi connectivity index (χ2n) is 4.35. The van der Waals surface area contributed by atoms with Gasteiger partial charge in [0.15, 0.2) is 0 Å². The number of hydrogen-bond acceptors (Lipinski definition) is 4. The van der Waals surface area contributed by atoms with Gasteiger partial charge in [-0.2, -0.15) is 11.8 Å². The van der Waals surface area contributed by atoms with E-state index in [1.165, 1.54) is 0 Å². The fourth-order valence-electron chi connectivity index (χ4n) is 1.45. The molecule has 106 valence electrons. The van der Waals surface area contributed by atoms with Crippen LogP contribution in [0.4, 0.5) is 5.69 Å². The van der Waals surface area contributed by atoms with Crippen molar-refractivity contribution in [2.75, 3.05) is 25.1 Å². The zero-order valence-corrected chi connectivity index (χ0v) is 12.3. The molecule has 1 aromatic carbocycles. The molecule has 0 fully saturated rings. The summed E-state index contributed by atoms with van der Waals surface area (Å²) >= 11 is 1.81. The molecule has 19 heavy (non-hydrogen) atoms. The average Bonchev–Trinajstić information content (AvgIpc) is 2.41. The summed E-state index contributed by atoms with van der Waals surface area (Å²) in [6.07, 6.45) is 3.44. The van der Waals surface area contributed by atoms with Crippen LogP contribution in [-0.4, -0.2) is 30.6 Å². The highest BCUT2D eigenvalue weighted by atomic mass is 32.2. The smallest absolute Gasteiger partial charge is 0.223 e. The highest BCUT2D eigenvalue weighted by Crippen LogP contribution is 2.13. The minimum Gasteiger partial charge on any atom is -0.493 e. The van der Waals surface area contributed by atoms with E-state index in [0.29, 0.717) is 24.0 Å². The van der Waals surface area contributed by atoms with Crippen LogP contribution in [-0.2, 0) is 4.79 Å². The van der Waals surface area contributed by atoms with Gasteiger partial charge >= 0.3 is 0 Å². The van der Waals surface area contributed by atoms with Crippen molar-refractivity contribution in [1.29, 1.82) is 0 Å². The van der Waals surface area contributed by atoms with Crippen LogP contribution in [0.5, 0.6) is 5.75 Å². The van der Waals surface area contributed by atoms with Crippen molar-refractivity contribution >= 4 is 23.4 Å². The second-order valence-corrected chi connectivity index (χ2v) is 5.63. The van der Waals surface area contributed by atoms with Gasteiger partial charge in [-0.3, -0.25) is 4.79 Å². The molecular formula is C14H22N2O2S. The van der Waals surface area contributed by atoms with Crippen molar-refractivity contribution in [3.8, 4) is 5.75 Å². The second kappa shape index (κ2) is 8.69. The molecule has 4 nitrogen and oxygen atoms in total. The Kier molecular flexibility index (Phi) is 7.18. The maximum atomic E-state index is 11.5. The molecule has 0 saturated heterocycles. The summed E-state index contributed by atoms with van der Waals surface area (Å²) in [6.45, 7) is 3.26. The Balaban J connectivity index is 2.11. The monoisotopic (exact) mass is 282 g/mol. The SMILES string of the molecule is CSC(C)CCNC(=O)CCOc1ccc(N)cc1. The van der Waals surface area contributed by atoms with E-state index in [2.05, 4.69) is 18.5 Å². The van der Waals surface area contributed by atoms with E-state index in [9.17, 15) is 4.79 Å². The predicted molar refractivity (Wildman–Crippen MR) is 81.6 cm³/mol.